The second kappa shape index (κ2) is 2.98. The smallest absolute Gasteiger partial charge is 0.126 e. The van der Waals surface area contributed by atoms with Crippen LogP contribution in [-0.4, -0.2) is 5.25 Å². The molecule has 0 atom stereocenters. The van der Waals surface area contributed by atoms with Crippen molar-refractivity contribution in [2.75, 3.05) is 5.73 Å². The van der Waals surface area contributed by atoms with E-state index in [4.69, 9.17) is 5.73 Å². The molecular formula is C9H10FNS. The minimum Gasteiger partial charge on any atom is -0.399 e. The van der Waals surface area contributed by atoms with Crippen LogP contribution in [0.25, 0.3) is 0 Å². The highest BCUT2D eigenvalue weighted by Gasteiger charge is 2.22. The molecule has 1 aliphatic carbocycles. The third-order valence-electron chi connectivity index (χ3n) is 1.72. The summed E-state index contributed by atoms with van der Waals surface area (Å²) in [5, 5.41) is 0.700. The molecule has 64 valence electrons. The first-order chi connectivity index (χ1) is 5.74. The summed E-state index contributed by atoms with van der Waals surface area (Å²) in [7, 11) is 0. The lowest BCUT2D eigenvalue weighted by atomic mass is 10.3. The molecule has 0 aliphatic heterocycles. The van der Waals surface area contributed by atoms with E-state index in [1.165, 1.54) is 18.9 Å². The van der Waals surface area contributed by atoms with Gasteiger partial charge in [0.25, 0.3) is 0 Å². The van der Waals surface area contributed by atoms with Crippen molar-refractivity contribution in [1.29, 1.82) is 0 Å². The van der Waals surface area contributed by atoms with Crippen molar-refractivity contribution in [2.45, 2.75) is 23.0 Å². The van der Waals surface area contributed by atoms with Gasteiger partial charge in [-0.15, -0.1) is 11.8 Å². The van der Waals surface area contributed by atoms with Gasteiger partial charge in [0.1, 0.15) is 5.82 Å². The predicted octanol–water partition coefficient (Wildman–Crippen LogP) is 2.66. The van der Waals surface area contributed by atoms with E-state index in [2.05, 4.69) is 0 Å². The summed E-state index contributed by atoms with van der Waals surface area (Å²) in [6.07, 6.45) is 2.50. The maximum atomic E-state index is 12.8. The quantitative estimate of drug-likeness (QED) is 0.713. The largest absolute Gasteiger partial charge is 0.399 e. The van der Waals surface area contributed by atoms with Crippen LogP contribution in [0.5, 0.6) is 0 Å². The Labute approximate surface area is 75.1 Å². The van der Waals surface area contributed by atoms with Gasteiger partial charge in [-0.05, 0) is 31.0 Å². The SMILES string of the molecule is Nc1cc(F)cc(SC2CC2)c1. The van der Waals surface area contributed by atoms with Gasteiger partial charge < -0.3 is 5.73 Å². The summed E-state index contributed by atoms with van der Waals surface area (Å²) in [4.78, 5) is 0.954. The standard InChI is InChI=1S/C9H10FNS/c10-6-3-7(11)5-9(4-6)12-8-1-2-8/h3-5,8H,1-2,11H2. The van der Waals surface area contributed by atoms with Gasteiger partial charge in [-0.3, -0.25) is 0 Å². The van der Waals surface area contributed by atoms with Gasteiger partial charge >= 0.3 is 0 Å². The lowest BCUT2D eigenvalue weighted by Crippen LogP contribution is -1.87. The van der Waals surface area contributed by atoms with Crippen LogP contribution in [-0.2, 0) is 0 Å². The molecule has 1 saturated carbocycles. The van der Waals surface area contributed by atoms with Gasteiger partial charge in [0.15, 0.2) is 0 Å². The first-order valence-electron chi connectivity index (χ1n) is 3.97. The van der Waals surface area contributed by atoms with Crippen molar-refractivity contribution in [3.05, 3.63) is 24.0 Å². The molecule has 1 fully saturated rings. The van der Waals surface area contributed by atoms with Gasteiger partial charge in [0.05, 0.1) is 0 Å². The molecule has 0 amide bonds. The molecule has 3 heteroatoms. The fourth-order valence-corrected chi connectivity index (χ4v) is 2.17. The fourth-order valence-electron chi connectivity index (χ4n) is 1.03. The number of halogens is 1. The Hall–Kier alpha value is -0.700. The van der Waals surface area contributed by atoms with Crippen LogP contribution in [0.4, 0.5) is 10.1 Å². The van der Waals surface area contributed by atoms with Crippen molar-refractivity contribution < 1.29 is 4.39 Å². The monoisotopic (exact) mass is 183 g/mol. The highest BCUT2D eigenvalue weighted by atomic mass is 32.2. The van der Waals surface area contributed by atoms with Gasteiger partial charge in [-0.1, -0.05) is 0 Å². The summed E-state index contributed by atoms with van der Waals surface area (Å²) >= 11 is 1.72. The summed E-state index contributed by atoms with van der Waals surface area (Å²) < 4.78 is 12.8. The molecule has 0 aromatic heterocycles. The van der Waals surface area contributed by atoms with E-state index in [1.807, 2.05) is 6.07 Å². The van der Waals surface area contributed by atoms with E-state index in [9.17, 15) is 4.39 Å². The van der Waals surface area contributed by atoms with E-state index in [-0.39, 0.29) is 5.82 Å². The molecule has 0 spiro atoms. The molecule has 0 heterocycles. The maximum Gasteiger partial charge on any atom is 0.126 e. The number of anilines is 1. The molecule has 1 aromatic carbocycles. The highest BCUT2D eigenvalue weighted by Crippen LogP contribution is 2.39. The number of nitrogen functional groups attached to an aromatic ring is 1. The first kappa shape index (κ1) is 7.92. The number of thioether (sulfide) groups is 1. The van der Waals surface area contributed by atoms with Crippen molar-refractivity contribution in [3.8, 4) is 0 Å². The van der Waals surface area contributed by atoms with E-state index in [1.54, 1.807) is 17.8 Å². The topological polar surface area (TPSA) is 26.0 Å². The third-order valence-corrected chi connectivity index (χ3v) is 3.03. The Morgan fingerprint density at radius 2 is 2.08 bits per heavy atom. The van der Waals surface area contributed by atoms with E-state index < -0.39 is 0 Å². The Balaban J connectivity index is 2.18. The van der Waals surface area contributed by atoms with Crippen LogP contribution < -0.4 is 5.73 Å². The predicted molar refractivity (Wildman–Crippen MR) is 49.7 cm³/mol. The minimum atomic E-state index is -0.238. The molecule has 1 nitrogen and oxygen atoms in total. The van der Waals surface area contributed by atoms with Crippen molar-refractivity contribution in [2.24, 2.45) is 0 Å². The lowest BCUT2D eigenvalue weighted by molar-refractivity contribution is 0.625. The van der Waals surface area contributed by atoms with E-state index >= 15 is 0 Å². The summed E-state index contributed by atoms with van der Waals surface area (Å²) in [6.45, 7) is 0. The van der Waals surface area contributed by atoms with Gasteiger partial charge in [-0.25, -0.2) is 4.39 Å². The van der Waals surface area contributed by atoms with Crippen molar-refractivity contribution in [3.63, 3.8) is 0 Å². The fraction of sp³-hybridized carbons (Fsp3) is 0.333. The van der Waals surface area contributed by atoms with Gasteiger partial charge in [0, 0.05) is 15.8 Å². The van der Waals surface area contributed by atoms with E-state index in [0.29, 0.717) is 10.9 Å². The van der Waals surface area contributed by atoms with Crippen molar-refractivity contribution >= 4 is 17.4 Å². The van der Waals surface area contributed by atoms with Crippen LogP contribution >= 0.6 is 11.8 Å². The number of nitrogens with two attached hydrogens (primary N) is 1. The normalized spacial score (nSPS) is 16.4. The zero-order chi connectivity index (χ0) is 8.55. The average molecular weight is 183 g/mol. The average Bonchev–Trinajstić information content (AvgIpc) is 2.68. The zero-order valence-corrected chi connectivity index (χ0v) is 7.40. The van der Waals surface area contributed by atoms with Crippen LogP contribution in [0.1, 0.15) is 12.8 Å². The molecule has 2 N–H and O–H groups in total. The number of benzene rings is 1. The summed E-state index contributed by atoms with van der Waals surface area (Å²) in [6, 6.07) is 4.71. The molecule has 1 aromatic rings. The number of hydrogen-bond acceptors (Lipinski definition) is 2. The molecule has 1 aliphatic rings. The zero-order valence-electron chi connectivity index (χ0n) is 6.59. The number of rotatable bonds is 2. The molecule has 2 rings (SSSR count). The van der Waals surface area contributed by atoms with Gasteiger partial charge in [-0.2, -0.15) is 0 Å². The van der Waals surface area contributed by atoms with Crippen LogP contribution in [0.15, 0.2) is 23.1 Å². The minimum absolute atomic E-state index is 0.238. The second-order valence-corrected chi connectivity index (χ2v) is 4.41. The van der Waals surface area contributed by atoms with Crippen LogP contribution in [0.2, 0.25) is 0 Å². The van der Waals surface area contributed by atoms with Gasteiger partial charge in [0.2, 0.25) is 0 Å². The third kappa shape index (κ3) is 1.91. The van der Waals surface area contributed by atoms with Crippen LogP contribution in [0, 0.1) is 5.82 Å². The Bertz CT molecular complexity index is 276. The Kier molecular flexibility index (Phi) is 1.97. The lowest BCUT2D eigenvalue weighted by Gasteiger charge is -2.00. The Morgan fingerprint density at radius 1 is 1.33 bits per heavy atom. The maximum absolute atomic E-state index is 12.8. The molecule has 12 heavy (non-hydrogen) atoms. The molecule has 0 bridgehead atoms. The summed E-state index contributed by atoms with van der Waals surface area (Å²) in [5.74, 6) is -0.238. The number of hydrogen-bond donors (Lipinski definition) is 1. The van der Waals surface area contributed by atoms with E-state index in [0.717, 1.165) is 4.90 Å². The van der Waals surface area contributed by atoms with Crippen LogP contribution in [0.3, 0.4) is 0 Å². The van der Waals surface area contributed by atoms with Crippen molar-refractivity contribution in [1.82, 2.24) is 0 Å². The highest BCUT2D eigenvalue weighted by molar-refractivity contribution is 8.00. The Morgan fingerprint density at radius 3 is 2.67 bits per heavy atom. The second-order valence-electron chi connectivity index (χ2n) is 3.04. The molecule has 0 saturated heterocycles. The first-order valence-corrected chi connectivity index (χ1v) is 4.85. The molecular weight excluding hydrogens is 173 g/mol. The molecule has 0 unspecified atom stereocenters. The molecule has 0 radical (unpaired) electrons. The summed E-state index contributed by atoms with van der Waals surface area (Å²) in [5.41, 5.74) is 6.01.